The summed E-state index contributed by atoms with van der Waals surface area (Å²) >= 11 is 0. The van der Waals surface area contributed by atoms with Crippen molar-refractivity contribution in [2.45, 2.75) is 6.92 Å². The molecule has 7 nitrogen and oxygen atoms in total. The maximum absolute atomic E-state index is 9.18. The van der Waals surface area contributed by atoms with Gasteiger partial charge in [-0.3, -0.25) is 0 Å². The number of anilines is 2. The predicted octanol–water partition coefficient (Wildman–Crippen LogP) is 2.84. The molecule has 0 atom stereocenters. The van der Waals surface area contributed by atoms with E-state index < -0.39 is 0 Å². The van der Waals surface area contributed by atoms with Crippen LogP contribution < -0.4 is 5.32 Å². The van der Waals surface area contributed by atoms with Gasteiger partial charge in [0.2, 0.25) is 5.95 Å². The summed E-state index contributed by atoms with van der Waals surface area (Å²) in [5.41, 5.74) is 3.89. The molecule has 0 unspecified atom stereocenters. The largest absolute Gasteiger partial charge is 0.322 e. The van der Waals surface area contributed by atoms with Crippen molar-refractivity contribution in [2.24, 2.45) is 0 Å². The summed E-state index contributed by atoms with van der Waals surface area (Å²) in [6.07, 6.45) is 5.36. The molecule has 1 aromatic carbocycles. The molecule has 4 rings (SSSR count). The van der Waals surface area contributed by atoms with E-state index in [1.807, 2.05) is 48.0 Å². The van der Waals surface area contributed by atoms with Crippen molar-refractivity contribution < 1.29 is 0 Å². The van der Waals surface area contributed by atoms with Crippen molar-refractivity contribution in [3.8, 4) is 11.8 Å². The van der Waals surface area contributed by atoms with Crippen molar-refractivity contribution >= 4 is 17.3 Å². The van der Waals surface area contributed by atoms with Crippen LogP contribution in [-0.2, 0) is 0 Å². The number of nitrogens with zero attached hydrogens (tertiary/aromatic N) is 6. The number of aryl methyl sites for hydroxylation is 1. The number of imidazole rings is 1. The van der Waals surface area contributed by atoms with Crippen molar-refractivity contribution in [1.82, 2.24) is 24.1 Å². The summed E-state index contributed by atoms with van der Waals surface area (Å²) in [7, 11) is 0. The molecule has 3 aromatic heterocycles. The zero-order chi connectivity index (χ0) is 16.5. The number of aromatic nitrogens is 5. The topological polar surface area (TPSA) is 83.8 Å². The summed E-state index contributed by atoms with van der Waals surface area (Å²) in [5.74, 6) is 0.448. The maximum atomic E-state index is 9.18. The molecule has 0 bridgehead atoms. The van der Waals surface area contributed by atoms with Gasteiger partial charge in [0, 0.05) is 12.4 Å². The lowest BCUT2D eigenvalue weighted by Crippen LogP contribution is -2.02. The van der Waals surface area contributed by atoms with Gasteiger partial charge in [-0.05, 0) is 31.2 Å². The number of fused-ring (bicyclic) bond motifs is 1. The second kappa shape index (κ2) is 5.52. The quantitative estimate of drug-likeness (QED) is 0.628. The highest BCUT2D eigenvalue weighted by molar-refractivity contribution is 5.64. The van der Waals surface area contributed by atoms with Crippen LogP contribution in [-0.4, -0.2) is 24.1 Å². The monoisotopic (exact) mass is 315 g/mol. The summed E-state index contributed by atoms with van der Waals surface area (Å²) in [5, 5.41) is 16.8. The fraction of sp³-hybridized carbons (Fsp3) is 0.0588. The molecule has 0 radical (unpaired) electrons. The molecule has 0 saturated heterocycles. The van der Waals surface area contributed by atoms with Gasteiger partial charge in [0.1, 0.15) is 6.07 Å². The van der Waals surface area contributed by atoms with Crippen LogP contribution in [0.1, 0.15) is 11.3 Å². The van der Waals surface area contributed by atoms with E-state index in [0.717, 1.165) is 17.0 Å². The van der Waals surface area contributed by atoms with E-state index in [-0.39, 0.29) is 0 Å². The highest BCUT2D eigenvalue weighted by Crippen LogP contribution is 2.20. The van der Waals surface area contributed by atoms with Gasteiger partial charge in [-0.1, -0.05) is 12.1 Å². The number of hydrogen-bond acceptors (Lipinski definition) is 5. The SMILES string of the molecule is Cc1c(-n2ccnc2)ccc2nc(Nc3ccccc3C#N)nn12. The van der Waals surface area contributed by atoms with Gasteiger partial charge in [0.05, 0.1) is 29.0 Å². The molecule has 4 aromatic rings. The Morgan fingerprint density at radius 1 is 1.17 bits per heavy atom. The normalized spacial score (nSPS) is 10.7. The second-order valence-corrected chi connectivity index (χ2v) is 5.26. The molecular weight excluding hydrogens is 302 g/mol. The number of benzene rings is 1. The Labute approximate surface area is 137 Å². The van der Waals surface area contributed by atoms with E-state index in [2.05, 4.69) is 26.5 Å². The molecular formula is C17H13N7. The van der Waals surface area contributed by atoms with E-state index in [4.69, 9.17) is 0 Å². The fourth-order valence-corrected chi connectivity index (χ4v) is 2.60. The van der Waals surface area contributed by atoms with Crippen LogP contribution >= 0.6 is 0 Å². The smallest absolute Gasteiger partial charge is 0.247 e. The van der Waals surface area contributed by atoms with Gasteiger partial charge < -0.3 is 9.88 Å². The molecule has 24 heavy (non-hydrogen) atoms. The summed E-state index contributed by atoms with van der Waals surface area (Å²) in [6.45, 7) is 1.98. The van der Waals surface area contributed by atoms with Gasteiger partial charge in [0.25, 0.3) is 0 Å². The molecule has 0 fully saturated rings. The predicted molar refractivity (Wildman–Crippen MR) is 89.3 cm³/mol. The van der Waals surface area contributed by atoms with Crippen LogP contribution in [0.4, 0.5) is 11.6 Å². The number of nitriles is 1. The second-order valence-electron chi connectivity index (χ2n) is 5.26. The lowest BCUT2D eigenvalue weighted by atomic mass is 10.2. The minimum Gasteiger partial charge on any atom is -0.322 e. The third kappa shape index (κ3) is 2.27. The molecule has 0 aliphatic rings. The Kier molecular flexibility index (Phi) is 3.21. The Morgan fingerprint density at radius 2 is 2.04 bits per heavy atom. The molecule has 0 spiro atoms. The maximum Gasteiger partial charge on any atom is 0.247 e. The van der Waals surface area contributed by atoms with Crippen LogP contribution in [0.25, 0.3) is 11.3 Å². The van der Waals surface area contributed by atoms with Crippen molar-refractivity contribution in [3.63, 3.8) is 0 Å². The first-order chi connectivity index (χ1) is 11.8. The minimum atomic E-state index is 0.448. The summed E-state index contributed by atoms with van der Waals surface area (Å²) in [4.78, 5) is 8.55. The number of hydrogen-bond donors (Lipinski definition) is 1. The van der Waals surface area contributed by atoms with Crippen LogP contribution in [0.5, 0.6) is 0 Å². The van der Waals surface area contributed by atoms with Crippen molar-refractivity contribution in [2.75, 3.05) is 5.32 Å². The first-order valence-corrected chi connectivity index (χ1v) is 7.37. The molecule has 0 amide bonds. The van der Waals surface area contributed by atoms with E-state index in [1.165, 1.54) is 0 Å². The summed E-state index contributed by atoms with van der Waals surface area (Å²) in [6, 6.07) is 13.3. The first-order valence-electron chi connectivity index (χ1n) is 7.37. The number of rotatable bonds is 3. The molecule has 0 aliphatic carbocycles. The Bertz CT molecular complexity index is 1050. The van der Waals surface area contributed by atoms with Crippen LogP contribution in [0.2, 0.25) is 0 Å². The molecule has 0 aliphatic heterocycles. The Hall–Kier alpha value is -3.66. The van der Waals surface area contributed by atoms with Crippen molar-refractivity contribution in [1.29, 1.82) is 5.26 Å². The molecule has 116 valence electrons. The number of para-hydroxylation sites is 1. The van der Waals surface area contributed by atoms with E-state index in [1.54, 1.807) is 23.1 Å². The van der Waals surface area contributed by atoms with Crippen LogP contribution in [0.3, 0.4) is 0 Å². The standard InChI is InChI=1S/C17H13N7/c1-12-15(23-9-8-19-11-23)6-7-16-21-17(22-24(12)16)20-14-5-3-2-4-13(14)10-18/h2-9,11H,1H3,(H,20,22). The average molecular weight is 315 g/mol. The van der Waals surface area contributed by atoms with Crippen LogP contribution in [0, 0.1) is 18.3 Å². The van der Waals surface area contributed by atoms with E-state index >= 15 is 0 Å². The third-order valence-electron chi connectivity index (χ3n) is 3.79. The molecule has 3 heterocycles. The lowest BCUT2D eigenvalue weighted by Gasteiger charge is -2.07. The minimum absolute atomic E-state index is 0.448. The molecule has 7 heteroatoms. The van der Waals surface area contributed by atoms with Crippen molar-refractivity contribution in [3.05, 3.63) is 66.4 Å². The summed E-state index contributed by atoms with van der Waals surface area (Å²) < 4.78 is 3.70. The van der Waals surface area contributed by atoms with Gasteiger partial charge in [-0.2, -0.15) is 10.2 Å². The zero-order valence-corrected chi connectivity index (χ0v) is 12.9. The Balaban J connectivity index is 1.76. The highest BCUT2D eigenvalue weighted by atomic mass is 15.4. The number of nitrogens with one attached hydrogen (secondary N) is 1. The van der Waals surface area contributed by atoms with Gasteiger partial charge in [-0.25, -0.2) is 9.50 Å². The number of pyridine rings is 1. The zero-order valence-electron chi connectivity index (χ0n) is 12.9. The fourth-order valence-electron chi connectivity index (χ4n) is 2.60. The average Bonchev–Trinajstić information content (AvgIpc) is 3.25. The third-order valence-corrected chi connectivity index (χ3v) is 3.79. The molecule has 0 saturated carbocycles. The highest BCUT2D eigenvalue weighted by Gasteiger charge is 2.11. The van der Waals surface area contributed by atoms with E-state index in [0.29, 0.717) is 17.2 Å². The molecule has 1 N–H and O–H groups in total. The lowest BCUT2D eigenvalue weighted by molar-refractivity contribution is 0.888. The van der Waals surface area contributed by atoms with Gasteiger partial charge in [-0.15, -0.1) is 5.10 Å². The Morgan fingerprint density at radius 3 is 2.83 bits per heavy atom. The first kappa shape index (κ1) is 14.0. The van der Waals surface area contributed by atoms with E-state index in [9.17, 15) is 5.26 Å². The van der Waals surface area contributed by atoms with Gasteiger partial charge in [0.15, 0.2) is 5.65 Å². The van der Waals surface area contributed by atoms with Crippen LogP contribution in [0.15, 0.2) is 55.1 Å². The van der Waals surface area contributed by atoms with Gasteiger partial charge >= 0.3 is 0 Å².